The second-order valence-electron chi connectivity index (χ2n) is 4.08. The van der Waals surface area contributed by atoms with Crippen molar-refractivity contribution in [2.75, 3.05) is 14.2 Å². The maximum atomic E-state index is 11.4. The van der Waals surface area contributed by atoms with Gasteiger partial charge in [0, 0.05) is 5.56 Å². The van der Waals surface area contributed by atoms with Crippen molar-refractivity contribution in [1.82, 2.24) is 0 Å². The number of ether oxygens (including phenoxy) is 2. The van der Waals surface area contributed by atoms with E-state index in [0.717, 1.165) is 0 Å². The summed E-state index contributed by atoms with van der Waals surface area (Å²) >= 11 is 3.37. The van der Waals surface area contributed by atoms with Crippen molar-refractivity contribution >= 4 is 21.9 Å². The second-order valence-corrected chi connectivity index (χ2v) is 4.93. The molecule has 1 aromatic carbocycles. The Bertz CT molecular complexity index is 466. The summed E-state index contributed by atoms with van der Waals surface area (Å²) < 4.78 is 11.2. The minimum absolute atomic E-state index is 0.575. The number of carboxylic acid groups (broad SMARTS) is 1. The minimum Gasteiger partial charge on any atom is -0.497 e. The topological polar surface area (TPSA) is 55.8 Å². The van der Waals surface area contributed by atoms with Crippen LogP contribution in [0.15, 0.2) is 16.6 Å². The third-order valence-corrected chi connectivity index (χ3v) is 3.72. The van der Waals surface area contributed by atoms with Crippen molar-refractivity contribution in [3.05, 3.63) is 22.2 Å². The molecule has 0 spiro atoms. The van der Waals surface area contributed by atoms with Crippen LogP contribution in [0.2, 0.25) is 0 Å². The lowest BCUT2D eigenvalue weighted by Crippen LogP contribution is -2.20. The summed E-state index contributed by atoms with van der Waals surface area (Å²) in [6, 6.07) is 3.50. The van der Waals surface area contributed by atoms with Gasteiger partial charge in [0.05, 0.1) is 24.1 Å². The third kappa shape index (κ3) is 1.88. The van der Waals surface area contributed by atoms with Crippen molar-refractivity contribution in [3.8, 4) is 11.5 Å². The lowest BCUT2D eigenvalue weighted by molar-refractivity contribution is -0.140. The van der Waals surface area contributed by atoms with Gasteiger partial charge < -0.3 is 14.6 Å². The molecule has 0 aliphatic heterocycles. The zero-order valence-corrected chi connectivity index (χ0v) is 11.2. The van der Waals surface area contributed by atoms with Gasteiger partial charge in [-0.1, -0.05) is 0 Å². The second kappa shape index (κ2) is 4.22. The monoisotopic (exact) mass is 300 g/mol. The van der Waals surface area contributed by atoms with Gasteiger partial charge in [-0.3, -0.25) is 4.79 Å². The minimum atomic E-state index is -0.809. The van der Waals surface area contributed by atoms with E-state index in [-0.39, 0.29) is 0 Å². The molecule has 17 heavy (non-hydrogen) atoms. The molecule has 0 amide bonds. The molecule has 0 radical (unpaired) electrons. The number of halogens is 1. The van der Waals surface area contributed by atoms with E-state index in [2.05, 4.69) is 15.9 Å². The first-order valence-corrected chi connectivity index (χ1v) is 6.00. The Hall–Kier alpha value is -1.23. The summed E-state index contributed by atoms with van der Waals surface area (Å²) in [6.07, 6.45) is 1.27. The molecule has 1 aliphatic carbocycles. The van der Waals surface area contributed by atoms with Gasteiger partial charge >= 0.3 is 5.97 Å². The quantitative estimate of drug-likeness (QED) is 0.928. The molecule has 0 saturated heterocycles. The van der Waals surface area contributed by atoms with E-state index in [0.29, 0.717) is 34.4 Å². The maximum absolute atomic E-state index is 11.4. The molecule has 1 N–H and O–H groups in total. The summed E-state index contributed by atoms with van der Waals surface area (Å²) in [5, 5.41) is 9.32. The van der Waals surface area contributed by atoms with Gasteiger partial charge in [-0.2, -0.15) is 0 Å². The summed E-state index contributed by atoms with van der Waals surface area (Å²) in [7, 11) is 3.09. The molecule has 4 nitrogen and oxygen atoms in total. The zero-order valence-electron chi connectivity index (χ0n) is 9.62. The standard InChI is InChI=1S/C12H13BrO4/c1-16-7-5-8(10(17-2)9(13)6-7)12(3-4-12)11(14)15/h5-6H,3-4H2,1-2H3,(H,14,15). The van der Waals surface area contributed by atoms with Crippen LogP contribution in [0.1, 0.15) is 18.4 Å². The number of benzene rings is 1. The third-order valence-electron chi connectivity index (χ3n) is 3.13. The van der Waals surface area contributed by atoms with Gasteiger partial charge in [-0.05, 0) is 40.9 Å². The molecule has 0 bridgehead atoms. The Morgan fingerprint density at radius 3 is 2.41 bits per heavy atom. The summed E-state index contributed by atoms with van der Waals surface area (Å²) in [5.41, 5.74) is -0.124. The number of carbonyl (C=O) groups is 1. The Balaban J connectivity index is 2.59. The highest BCUT2D eigenvalue weighted by Crippen LogP contribution is 2.53. The molecule has 0 aromatic heterocycles. The maximum Gasteiger partial charge on any atom is 0.314 e. The molecular formula is C12H13BrO4. The highest BCUT2D eigenvalue weighted by molar-refractivity contribution is 9.10. The molecule has 2 rings (SSSR count). The van der Waals surface area contributed by atoms with E-state index in [4.69, 9.17) is 9.47 Å². The van der Waals surface area contributed by atoms with E-state index in [1.54, 1.807) is 19.2 Å². The summed E-state index contributed by atoms with van der Waals surface area (Å²) in [6.45, 7) is 0. The Labute approximate surface area is 108 Å². The number of methoxy groups -OCH3 is 2. The number of hydrogen-bond acceptors (Lipinski definition) is 3. The first kappa shape index (κ1) is 12.2. The van der Waals surface area contributed by atoms with Crippen molar-refractivity contribution in [3.63, 3.8) is 0 Å². The van der Waals surface area contributed by atoms with E-state index in [9.17, 15) is 9.90 Å². The van der Waals surface area contributed by atoms with Gasteiger partial charge in [0.25, 0.3) is 0 Å². The Morgan fingerprint density at radius 2 is 2.00 bits per heavy atom. The van der Waals surface area contributed by atoms with E-state index < -0.39 is 11.4 Å². The molecular weight excluding hydrogens is 288 g/mol. The number of hydrogen-bond donors (Lipinski definition) is 1. The molecule has 0 unspecified atom stereocenters. The normalized spacial score (nSPS) is 16.4. The van der Waals surface area contributed by atoms with Gasteiger partial charge in [-0.25, -0.2) is 0 Å². The number of carboxylic acids is 1. The molecule has 1 aromatic rings. The predicted molar refractivity (Wildman–Crippen MR) is 65.8 cm³/mol. The van der Waals surface area contributed by atoms with Crippen LogP contribution < -0.4 is 9.47 Å². The SMILES string of the molecule is COc1cc(Br)c(OC)c(C2(C(=O)O)CC2)c1. The Kier molecular flexibility index (Phi) is 3.03. The molecule has 0 atom stereocenters. The van der Waals surface area contributed by atoms with Crippen LogP contribution in [0.25, 0.3) is 0 Å². The Morgan fingerprint density at radius 1 is 1.35 bits per heavy atom. The van der Waals surface area contributed by atoms with Crippen molar-refractivity contribution in [2.45, 2.75) is 18.3 Å². The van der Waals surface area contributed by atoms with Gasteiger partial charge in [0.1, 0.15) is 11.5 Å². The number of rotatable bonds is 4. The molecule has 92 valence electrons. The van der Waals surface area contributed by atoms with Crippen LogP contribution in [0.3, 0.4) is 0 Å². The molecule has 0 heterocycles. The van der Waals surface area contributed by atoms with E-state index in [1.807, 2.05) is 0 Å². The van der Waals surface area contributed by atoms with Crippen LogP contribution in [-0.2, 0) is 10.2 Å². The van der Waals surface area contributed by atoms with Crippen LogP contribution >= 0.6 is 15.9 Å². The lowest BCUT2D eigenvalue weighted by atomic mass is 9.95. The summed E-state index contributed by atoms with van der Waals surface area (Å²) in [5.74, 6) is 0.391. The first-order chi connectivity index (χ1) is 8.05. The van der Waals surface area contributed by atoms with Crippen LogP contribution in [-0.4, -0.2) is 25.3 Å². The fourth-order valence-electron chi connectivity index (χ4n) is 1.97. The van der Waals surface area contributed by atoms with Crippen molar-refractivity contribution in [1.29, 1.82) is 0 Å². The van der Waals surface area contributed by atoms with Crippen molar-refractivity contribution < 1.29 is 19.4 Å². The van der Waals surface area contributed by atoms with Gasteiger partial charge in [0.15, 0.2) is 0 Å². The van der Waals surface area contributed by atoms with E-state index >= 15 is 0 Å². The first-order valence-electron chi connectivity index (χ1n) is 5.20. The molecule has 1 saturated carbocycles. The zero-order chi connectivity index (χ0) is 12.6. The van der Waals surface area contributed by atoms with Crippen LogP contribution in [0.4, 0.5) is 0 Å². The van der Waals surface area contributed by atoms with E-state index in [1.165, 1.54) is 7.11 Å². The largest absolute Gasteiger partial charge is 0.497 e. The lowest BCUT2D eigenvalue weighted by Gasteiger charge is -2.17. The van der Waals surface area contributed by atoms with Gasteiger partial charge in [-0.15, -0.1) is 0 Å². The highest BCUT2D eigenvalue weighted by atomic mass is 79.9. The van der Waals surface area contributed by atoms with Crippen molar-refractivity contribution in [2.24, 2.45) is 0 Å². The van der Waals surface area contributed by atoms with Crippen LogP contribution in [0.5, 0.6) is 11.5 Å². The molecule has 5 heteroatoms. The average Bonchev–Trinajstić information content (AvgIpc) is 3.09. The van der Waals surface area contributed by atoms with Gasteiger partial charge in [0.2, 0.25) is 0 Å². The molecule has 1 aliphatic rings. The highest BCUT2D eigenvalue weighted by Gasteiger charge is 2.53. The number of aliphatic carboxylic acids is 1. The predicted octanol–water partition coefficient (Wildman–Crippen LogP) is 2.58. The van der Waals surface area contributed by atoms with Crippen LogP contribution in [0, 0.1) is 0 Å². The summed E-state index contributed by atoms with van der Waals surface area (Å²) in [4.78, 5) is 11.4. The smallest absolute Gasteiger partial charge is 0.314 e. The molecule has 1 fully saturated rings. The average molecular weight is 301 g/mol. The fourth-order valence-corrected chi connectivity index (χ4v) is 2.57. The fraction of sp³-hybridized carbons (Fsp3) is 0.417.